The molecule has 0 fully saturated rings. The zero-order valence-corrected chi connectivity index (χ0v) is 17.0. The molecule has 0 aromatic heterocycles. The minimum atomic E-state index is -0.894. The second kappa shape index (κ2) is 12.2. The smallest absolute Gasteiger partial charge is 0.407 e. The van der Waals surface area contributed by atoms with Crippen molar-refractivity contribution in [2.75, 3.05) is 6.54 Å². The maximum absolute atomic E-state index is 11.9. The van der Waals surface area contributed by atoms with Gasteiger partial charge in [0.25, 0.3) is 0 Å². The highest BCUT2D eigenvalue weighted by Crippen LogP contribution is 2.31. The molecule has 0 spiro atoms. The zero-order valence-electron chi connectivity index (χ0n) is 17.0. The molecule has 5 heteroatoms. The molecule has 0 rings (SSSR count). The van der Waals surface area contributed by atoms with Gasteiger partial charge in [0.2, 0.25) is 0 Å². The van der Waals surface area contributed by atoms with Crippen LogP contribution in [0.15, 0.2) is 0 Å². The summed E-state index contributed by atoms with van der Waals surface area (Å²) >= 11 is 0. The van der Waals surface area contributed by atoms with Crippen LogP contribution in [-0.4, -0.2) is 29.3 Å². The van der Waals surface area contributed by atoms with E-state index in [0.29, 0.717) is 12.8 Å². The summed E-state index contributed by atoms with van der Waals surface area (Å²) in [5, 5.41) is 12.5. The Morgan fingerprint density at radius 1 is 0.880 bits per heavy atom. The van der Waals surface area contributed by atoms with Gasteiger partial charge in [-0.2, -0.15) is 0 Å². The van der Waals surface area contributed by atoms with Crippen LogP contribution in [-0.2, 0) is 9.53 Å². The third-order valence-electron chi connectivity index (χ3n) is 4.41. The van der Waals surface area contributed by atoms with Gasteiger partial charge >= 0.3 is 12.1 Å². The van der Waals surface area contributed by atoms with Gasteiger partial charge in [0.15, 0.2) is 0 Å². The van der Waals surface area contributed by atoms with Crippen LogP contribution in [0.5, 0.6) is 0 Å². The van der Waals surface area contributed by atoms with E-state index in [2.05, 4.69) is 12.2 Å². The lowest BCUT2D eigenvalue weighted by Crippen LogP contribution is -2.44. The van der Waals surface area contributed by atoms with Gasteiger partial charge < -0.3 is 15.2 Å². The summed E-state index contributed by atoms with van der Waals surface area (Å²) in [5.74, 6) is -0.823. The van der Waals surface area contributed by atoms with E-state index in [1.807, 2.05) is 6.92 Å². The molecule has 0 aliphatic carbocycles. The van der Waals surface area contributed by atoms with E-state index in [9.17, 15) is 14.7 Å². The van der Waals surface area contributed by atoms with Crippen molar-refractivity contribution in [2.45, 2.75) is 104 Å². The second-order valence-electron chi connectivity index (χ2n) is 8.06. The SMILES string of the molecule is CCCCCCCCCC(CCC)(CNC(=O)OC(C)(C)C)C(=O)O. The van der Waals surface area contributed by atoms with Crippen LogP contribution in [0.4, 0.5) is 4.79 Å². The van der Waals surface area contributed by atoms with E-state index in [4.69, 9.17) is 4.74 Å². The molecule has 0 saturated heterocycles. The van der Waals surface area contributed by atoms with Gasteiger partial charge in [-0.25, -0.2) is 4.79 Å². The number of carbonyl (C=O) groups is 2. The molecule has 0 aliphatic heterocycles. The van der Waals surface area contributed by atoms with E-state index < -0.39 is 23.1 Å². The first-order chi connectivity index (χ1) is 11.7. The maximum atomic E-state index is 11.9. The standard InChI is InChI=1S/C20H39NO4/c1-6-8-9-10-11-12-13-15-20(14-7-2,17(22)23)16-21-18(24)25-19(3,4)5/h6-16H2,1-5H3,(H,21,24)(H,22,23). The molecule has 0 aromatic carbocycles. The number of carboxylic acid groups (broad SMARTS) is 1. The van der Waals surface area contributed by atoms with Crippen molar-refractivity contribution in [3.8, 4) is 0 Å². The first-order valence-corrected chi connectivity index (χ1v) is 9.87. The zero-order chi connectivity index (χ0) is 19.3. The molecule has 0 bridgehead atoms. The fourth-order valence-electron chi connectivity index (χ4n) is 3.05. The Morgan fingerprint density at radius 3 is 1.92 bits per heavy atom. The van der Waals surface area contributed by atoms with E-state index in [-0.39, 0.29) is 6.54 Å². The number of rotatable bonds is 13. The molecule has 0 radical (unpaired) electrons. The quantitative estimate of drug-likeness (QED) is 0.425. The summed E-state index contributed by atoms with van der Waals surface area (Å²) in [6.45, 7) is 9.69. The average molecular weight is 358 g/mol. The number of hydrogen-bond acceptors (Lipinski definition) is 3. The molecule has 1 atom stereocenters. The predicted octanol–water partition coefficient (Wildman–Crippen LogP) is 5.52. The Balaban J connectivity index is 4.52. The molecule has 1 unspecified atom stereocenters. The molecule has 5 nitrogen and oxygen atoms in total. The second-order valence-corrected chi connectivity index (χ2v) is 8.06. The number of ether oxygens (including phenoxy) is 1. The van der Waals surface area contributed by atoms with E-state index in [1.54, 1.807) is 20.8 Å². The number of alkyl carbamates (subject to hydrolysis) is 1. The summed E-state index contributed by atoms with van der Waals surface area (Å²) in [4.78, 5) is 23.8. The Labute approximate surface area is 153 Å². The van der Waals surface area contributed by atoms with Crippen molar-refractivity contribution in [3.63, 3.8) is 0 Å². The molecule has 0 aromatic rings. The highest BCUT2D eigenvalue weighted by molar-refractivity contribution is 5.76. The first kappa shape index (κ1) is 23.7. The lowest BCUT2D eigenvalue weighted by molar-refractivity contribution is -0.149. The van der Waals surface area contributed by atoms with Crippen LogP contribution in [0.25, 0.3) is 0 Å². The molecule has 25 heavy (non-hydrogen) atoms. The molecule has 0 saturated carbocycles. The minimum absolute atomic E-state index is 0.126. The van der Waals surface area contributed by atoms with Crippen molar-refractivity contribution in [1.29, 1.82) is 0 Å². The largest absolute Gasteiger partial charge is 0.481 e. The van der Waals surface area contributed by atoms with E-state index in [0.717, 1.165) is 25.7 Å². The normalized spacial score (nSPS) is 14.0. The third kappa shape index (κ3) is 11.1. The number of carboxylic acids is 1. The summed E-state index contributed by atoms with van der Waals surface area (Å²) in [5.41, 5.74) is -1.48. The van der Waals surface area contributed by atoms with Gasteiger partial charge in [-0.15, -0.1) is 0 Å². The molecule has 0 aliphatic rings. The van der Waals surface area contributed by atoms with Crippen molar-refractivity contribution in [3.05, 3.63) is 0 Å². The first-order valence-electron chi connectivity index (χ1n) is 9.87. The van der Waals surface area contributed by atoms with Gasteiger partial charge in [-0.1, -0.05) is 65.2 Å². The Hall–Kier alpha value is -1.26. The summed E-state index contributed by atoms with van der Waals surface area (Å²) in [7, 11) is 0. The Morgan fingerprint density at radius 2 is 1.44 bits per heavy atom. The Kier molecular flexibility index (Phi) is 11.5. The topological polar surface area (TPSA) is 75.6 Å². The van der Waals surface area contributed by atoms with E-state index >= 15 is 0 Å². The van der Waals surface area contributed by atoms with Crippen LogP contribution < -0.4 is 5.32 Å². The van der Waals surface area contributed by atoms with Crippen LogP contribution in [0.1, 0.15) is 98.8 Å². The van der Waals surface area contributed by atoms with Gasteiger partial charge in [0, 0.05) is 6.54 Å². The molecule has 1 amide bonds. The fraction of sp³-hybridized carbons (Fsp3) is 0.900. The number of aliphatic carboxylic acids is 1. The number of amides is 1. The van der Waals surface area contributed by atoms with E-state index in [1.165, 1.54) is 25.7 Å². The molecular formula is C20H39NO4. The summed E-state index contributed by atoms with van der Waals surface area (Å²) in [6, 6.07) is 0. The van der Waals surface area contributed by atoms with Gasteiger partial charge in [-0.05, 0) is 33.6 Å². The van der Waals surface area contributed by atoms with Crippen molar-refractivity contribution >= 4 is 12.1 Å². The summed E-state index contributed by atoms with van der Waals surface area (Å²) in [6.07, 6.45) is 9.46. The van der Waals surface area contributed by atoms with Crippen molar-refractivity contribution in [1.82, 2.24) is 5.32 Å². The highest BCUT2D eigenvalue weighted by Gasteiger charge is 2.37. The number of nitrogens with one attached hydrogen (secondary N) is 1. The molecular weight excluding hydrogens is 318 g/mol. The van der Waals surface area contributed by atoms with Crippen molar-refractivity contribution in [2.24, 2.45) is 5.41 Å². The minimum Gasteiger partial charge on any atom is -0.481 e. The number of unbranched alkanes of at least 4 members (excludes halogenated alkanes) is 6. The van der Waals surface area contributed by atoms with Crippen LogP contribution in [0, 0.1) is 5.41 Å². The molecule has 2 N–H and O–H groups in total. The van der Waals surface area contributed by atoms with Crippen molar-refractivity contribution < 1.29 is 19.4 Å². The van der Waals surface area contributed by atoms with Gasteiger partial charge in [0.1, 0.15) is 5.60 Å². The Bertz CT molecular complexity index is 390. The van der Waals surface area contributed by atoms with Crippen LogP contribution in [0.2, 0.25) is 0 Å². The summed E-state index contributed by atoms with van der Waals surface area (Å²) < 4.78 is 5.23. The predicted molar refractivity (Wildman–Crippen MR) is 102 cm³/mol. The molecule has 148 valence electrons. The lowest BCUT2D eigenvalue weighted by Gasteiger charge is -2.30. The highest BCUT2D eigenvalue weighted by atomic mass is 16.6. The van der Waals surface area contributed by atoms with Gasteiger partial charge in [0.05, 0.1) is 5.41 Å². The monoisotopic (exact) mass is 357 g/mol. The average Bonchev–Trinajstić information content (AvgIpc) is 2.49. The lowest BCUT2D eigenvalue weighted by atomic mass is 9.78. The van der Waals surface area contributed by atoms with Crippen LogP contribution >= 0.6 is 0 Å². The van der Waals surface area contributed by atoms with Crippen LogP contribution in [0.3, 0.4) is 0 Å². The van der Waals surface area contributed by atoms with Gasteiger partial charge in [-0.3, -0.25) is 4.79 Å². The molecule has 0 heterocycles. The maximum Gasteiger partial charge on any atom is 0.407 e. The number of carbonyl (C=O) groups excluding carboxylic acids is 1. The third-order valence-corrected chi connectivity index (χ3v) is 4.41. The fourth-order valence-corrected chi connectivity index (χ4v) is 3.05. The number of hydrogen-bond donors (Lipinski definition) is 2.